The second-order valence-electron chi connectivity index (χ2n) is 3.88. The third-order valence-corrected chi connectivity index (χ3v) is 2.58. The van der Waals surface area contributed by atoms with Crippen molar-refractivity contribution in [3.8, 4) is 5.75 Å². The molecule has 2 N–H and O–H groups in total. The van der Waals surface area contributed by atoms with Gasteiger partial charge in [0.05, 0.1) is 6.61 Å². The summed E-state index contributed by atoms with van der Waals surface area (Å²) in [7, 11) is 0. The van der Waals surface area contributed by atoms with E-state index in [4.69, 9.17) is 10.5 Å². The van der Waals surface area contributed by atoms with E-state index in [0.29, 0.717) is 0 Å². The summed E-state index contributed by atoms with van der Waals surface area (Å²) in [5.74, 6) is 0.923. The molecule has 0 saturated carbocycles. The molecule has 0 amide bonds. The van der Waals surface area contributed by atoms with Gasteiger partial charge in [-0.25, -0.2) is 0 Å². The van der Waals surface area contributed by atoms with Gasteiger partial charge in [0.15, 0.2) is 0 Å². The first-order valence-corrected chi connectivity index (χ1v) is 5.73. The minimum atomic E-state index is 0.796. The number of hydrogen-bond donors (Lipinski definition) is 1. The van der Waals surface area contributed by atoms with Crippen LogP contribution in [0.3, 0.4) is 0 Å². The molecule has 1 rings (SSSR count). The monoisotopic (exact) mass is 207 g/mol. The van der Waals surface area contributed by atoms with Crippen molar-refractivity contribution in [2.45, 2.75) is 39.5 Å². The van der Waals surface area contributed by atoms with Gasteiger partial charge in [0.25, 0.3) is 0 Å². The molecule has 0 bridgehead atoms. The summed E-state index contributed by atoms with van der Waals surface area (Å²) >= 11 is 0. The minimum absolute atomic E-state index is 0.796. The maximum atomic E-state index is 5.79. The predicted octanol–water partition coefficient (Wildman–Crippen LogP) is 3.54. The quantitative estimate of drug-likeness (QED) is 0.572. The van der Waals surface area contributed by atoms with E-state index in [1.54, 1.807) is 0 Å². The fourth-order valence-corrected chi connectivity index (χ4v) is 1.50. The van der Waals surface area contributed by atoms with Gasteiger partial charge >= 0.3 is 0 Å². The van der Waals surface area contributed by atoms with Crippen LogP contribution < -0.4 is 10.5 Å². The molecule has 1 aromatic carbocycles. The molecule has 0 radical (unpaired) electrons. The summed E-state index contributed by atoms with van der Waals surface area (Å²) < 4.78 is 5.68. The lowest BCUT2D eigenvalue weighted by molar-refractivity contribution is 0.303. The number of ether oxygens (including phenoxy) is 1. The average Bonchev–Trinajstić information content (AvgIpc) is 2.24. The van der Waals surface area contributed by atoms with Gasteiger partial charge in [0, 0.05) is 11.3 Å². The molecule has 0 aliphatic heterocycles. The topological polar surface area (TPSA) is 35.2 Å². The second-order valence-corrected chi connectivity index (χ2v) is 3.88. The zero-order valence-electron chi connectivity index (χ0n) is 9.75. The first-order valence-electron chi connectivity index (χ1n) is 5.73. The van der Waals surface area contributed by atoms with Crippen molar-refractivity contribution >= 4 is 5.69 Å². The maximum Gasteiger partial charge on any atom is 0.124 e. The van der Waals surface area contributed by atoms with E-state index in [0.717, 1.165) is 30.0 Å². The van der Waals surface area contributed by atoms with E-state index >= 15 is 0 Å². The Kier molecular flexibility index (Phi) is 5.02. The summed E-state index contributed by atoms with van der Waals surface area (Å²) in [4.78, 5) is 0. The van der Waals surface area contributed by atoms with Crippen molar-refractivity contribution < 1.29 is 4.74 Å². The molecule has 0 fully saturated rings. The Morgan fingerprint density at radius 2 is 2.00 bits per heavy atom. The summed E-state index contributed by atoms with van der Waals surface area (Å²) in [6.45, 7) is 5.00. The van der Waals surface area contributed by atoms with Gasteiger partial charge in [0.2, 0.25) is 0 Å². The highest BCUT2D eigenvalue weighted by atomic mass is 16.5. The number of rotatable bonds is 6. The van der Waals surface area contributed by atoms with Gasteiger partial charge < -0.3 is 10.5 Å². The largest absolute Gasteiger partial charge is 0.493 e. The van der Waals surface area contributed by atoms with Gasteiger partial charge in [-0.05, 0) is 25.5 Å². The number of anilines is 1. The third kappa shape index (κ3) is 3.82. The van der Waals surface area contributed by atoms with Crippen LogP contribution in [-0.2, 0) is 0 Å². The number of benzene rings is 1. The Bertz CT molecular complexity index is 297. The van der Waals surface area contributed by atoms with Gasteiger partial charge in [-0.1, -0.05) is 32.3 Å². The van der Waals surface area contributed by atoms with Crippen LogP contribution in [-0.4, -0.2) is 6.61 Å². The number of nitrogen functional groups attached to an aromatic ring is 1. The normalized spacial score (nSPS) is 10.3. The molecule has 0 heterocycles. The smallest absolute Gasteiger partial charge is 0.124 e. The van der Waals surface area contributed by atoms with Gasteiger partial charge in [-0.15, -0.1) is 0 Å². The van der Waals surface area contributed by atoms with Crippen molar-refractivity contribution in [2.75, 3.05) is 12.3 Å². The first kappa shape index (κ1) is 11.9. The lowest BCUT2D eigenvalue weighted by atomic mass is 10.2. The van der Waals surface area contributed by atoms with E-state index in [1.807, 2.05) is 25.1 Å². The van der Waals surface area contributed by atoms with Crippen LogP contribution in [0, 0.1) is 6.92 Å². The SMILES string of the molecule is CCCCCCOc1cccc(N)c1C. The standard InChI is InChI=1S/C13H21NO/c1-3-4-5-6-10-15-13-9-7-8-12(14)11(13)2/h7-9H,3-6,10,14H2,1-2H3. The van der Waals surface area contributed by atoms with Crippen molar-refractivity contribution in [3.63, 3.8) is 0 Å². The van der Waals surface area contributed by atoms with E-state index in [9.17, 15) is 0 Å². The fourth-order valence-electron chi connectivity index (χ4n) is 1.50. The Hall–Kier alpha value is -1.18. The van der Waals surface area contributed by atoms with Crippen LogP contribution >= 0.6 is 0 Å². The zero-order chi connectivity index (χ0) is 11.1. The van der Waals surface area contributed by atoms with Crippen LogP contribution in [0.1, 0.15) is 38.2 Å². The molecule has 0 unspecified atom stereocenters. The van der Waals surface area contributed by atoms with Crippen molar-refractivity contribution in [3.05, 3.63) is 23.8 Å². The second kappa shape index (κ2) is 6.33. The van der Waals surface area contributed by atoms with E-state index in [2.05, 4.69) is 6.92 Å². The fraction of sp³-hybridized carbons (Fsp3) is 0.538. The van der Waals surface area contributed by atoms with Crippen LogP contribution in [0.2, 0.25) is 0 Å². The molecule has 0 aromatic heterocycles. The number of hydrogen-bond acceptors (Lipinski definition) is 2. The zero-order valence-corrected chi connectivity index (χ0v) is 9.75. The molecule has 15 heavy (non-hydrogen) atoms. The molecule has 2 nitrogen and oxygen atoms in total. The lowest BCUT2D eigenvalue weighted by Gasteiger charge is -2.10. The minimum Gasteiger partial charge on any atom is -0.493 e. The Morgan fingerprint density at radius 1 is 1.20 bits per heavy atom. The predicted molar refractivity (Wildman–Crippen MR) is 65.2 cm³/mol. The third-order valence-electron chi connectivity index (χ3n) is 2.58. The Morgan fingerprint density at radius 3 is 2.73 bits per heavy atom. The van der Waals surface area contributed by atoms with Crippen LogP contribution in [0.4, 0.5) is 5.69 Å². The molecule has 0 atom stereocenters. The van der Waals surface area contributed by atoms with Gasteiger partial charge in [-0.3, -0.25) is 0 Å². The van der Waals surface area contributed by atoms with E-state index < -0.39 is 0 Å². The molecule has 0 spiro atoms. The van der Waals surface area contributed by atoms with Crippen molar-refractivity contribution in [2.24, 2.45) is 0 Å². The van der Waals surface area contributed by atoms with Crippen molar-refractivity contribution in [1.29, 1.82) is 0 Å². The first-order chi connectivity index (χ1) is 7.25. The highest BCUT2D eigenvalue weighted by molar-refractivity contribution is 5.53. The average molecular weight is 207 g/mol. The molecular weight excluding hydrogens is 186 g/mol. The Labute approximate surface area is 92.4 Å². The molecule has 1 aromatic rings. The molecular formula is C13H21NO. The van der Waals surface area contributed by atoms with Crippen LogP contribution in [0.15, 0.2) is 18.2 Å². The molecule has 0 saturated heterocycles. The van der Waals surface area contributed by atoms with Crippen molar-refractivity contribution in [1.82, 2.24) is 0 Å². The summed E-state index contributed by atoms with van der Waals surface area (Å²) in [5.41, 5.74) is 7.65. The van der Waals surface area contributed by atoms with Crippen LogP contribution in [0.25, 0.3) is 0 Å². The molecule has 0 aliphatic rings. The van der Waals surface area contributed by atoms with E-state index in [1.165, 1.54) is 19.3 Å². The maximum absolute atomic E-state index is 5.79. The molecule has 2 heteroatoms. The lowest BCUT2D eigenvalue weighted by Crippen LogP contribution is -2.00. The van der Waals surface area contributed by atoms with Gasteiger partial charge in [-0.2, -0.15) is 0 Å². The molecule has 84 valence electrons. The van der Waals surface area contributed by atoms with E-state index in [-0.39, 0.29) is 0 Å². The summed E-state index contributed by atoms with van der Waals surface area (Å²) in [5, 5.41) is 0. The number of nitrogens with two attached hydrogens (primary N) is 1. The summed E-state index contributed by atoms with van der Waals surface area (Å²) in [6.07, 6.45) is 4.93. The van der Waals surface area contributed by atoms with Crippen LogP contribution in [0.5, 0.6) is 5.75 Å². The van der Waals surface area contributed by atoms with Gasteiger partial charge in [0.1, 0.15) is 5.75 Å². The molecule has 0 aliphatic carbocycles. The number of unbranched alkanes of at least 4 members (excludes halogenated alkanes) is 3. The highest BCUT2D eigenvalue weighted by Gasteiger charge is 2.01. The highest BCUT2D eigenvalue weighted by Crippen LogP contribution is 2.22. The summed E-state index contributed by atoms with van der Waals surface area (Å²) in [6, 6.07) is 5.81. The Balaban J connectivity index is 2.34.